The molecule has 2 amide bonds. The predicted molar refractivity (Wildman–Crippen MR) is 110 cm³/mol. The maximum absolute atomic E-state index is 12.5. The number of nitrogens with one attached hydrogen (secondary N) is 2. The van der Waals surface area contributed by atoms with Gasteiger partial charge in [-0.05, 0) is 30.3 Å². The first-order valence-corrected chi connectivity index (χ1v) is 8.86. The van der Waals surface area contributed by atoms with E-state index in [2.05, 4.69) is 15.4 Å². The summed E-state index contributed by atoms with van der Waals surface area (Å²) in [5.74, 6) is -1.65. The van der Waals surface area contributed by atoms with Crippen LogP contribution in [0.2, 0.25) is 5.02 Å². The Morgan fingerprint density at radius 3 is 2.45 bits per heavy atom. The van der Waals surface area contributed by atoms with E-state index >= 15 is 0 Å². The Hall–Kier alpha value is -3.73. The van der Waals surface area contributed by atoms with Crippen LogP contribution in [0.25, 0.3) is 6.08 Å². The SMILES string of the molecule is COc1cc(/C=C/C(=O)Nc2ccc(NC(C)=O)c(Cl)c2)c([N+](=O)[O-])cc1OC(F)F. The lowest BCUT2D eigenvalue weighted by atomic mass is 10.1. The van der Waals surface area contributed by atoms with Gasteiger partial charge in [0.2, 0.25) is 11.8 Å². The highest BCUT2D eigenvalue weighted by molar-refractivity contribution is 6.34. The smallest absolute Gasteiger partial charge is 0.387 e. The van der Waals surface area contributed by atoms with Crippen LogP contribution in [-0.4, -0.2) is 30.5 Å². The summed E-state index contributed by atoms with van der Waals surface area (Å²) in [5.41, 5.74) is 0.0268. The fourth-order valence-electron chi connectivity index (χ4n) is 2.44. The van der Waals surface area contributed by atoms with Crippen LogP contribution in [-0.2, 0) is 9.59 Å². The van der Waals surface area contributed by atoms with Crippen LogP contribution in [0.1, 0.15) is 12.5 Å². The number of carbonyl (C=O) groups is 2. The van der Waals surface area contributed by atoms with Crippen molar-refractivity contribution in [1.29, 1.82) is 0 Å². The molecule has 2 N–H and O–H groups in total. The zero-order chi connectivity index (χ0) is 23.1. The molecular weight excluding hydrogens is 440 g/mol. The summed E-state index contributed by atoms with van der Waals surface area (Å²) in [6, 6.07) is 6.26. The van der Waals surface area contributed by atoms with Crippen LogP contribution in [0.4, 0.5) is 25.8 Å². The van der Waals surface area contributed by atoms with Crippen LogP contribution in [0.15, 0.2) is 36.4 Å². The van der Waals surface area contributed by atoms with Crippen molar-refractivity contribution < 1.29 is 32.8 Å². The fourth-order valence-corrected chi connectivity index (χ4v) is 2.67. The third-order valence-electron chi connectivity index (χ3n) is 3.69. The van der Waals surface area contributed by atoms with E-state index in [0.29, 0.717) is 11.4 Å². The molecule has 2 aromatic carbocycles. The Morgan fingerprint density at radius 2 is 1.90 bits per heavy atom. The van der Waals surface area contributed by atoms with Crippen LogP contribution in [0.5, 0.6) is 11.5 Å². The summed E-state index contributed by atoms with van der Waals surface area (Å²) >= 11 is 6.03. The van der Waals surface area contributed by atoms with Gasteiger partial charge in [0.15, 0.2) is 11.5 Å². The van der Waals surface area contributed by atoms with Crippen molar-refractivity contribution in [3.8, 4) is 11.5 Å². The number of ether oxygens (including phenoxy) is 2. The van der Waals surface area contributed by atoms with Crippen molar-refractivity contribution in [3.63, 3.8) is 0 Å². The molecule has 0 fully saturated rings. The molecule has 9 nitrogen and oxygen atoms in total. The highest BCUT2D eigenvalue weighted by atomic mass is 35.5. The van der Waals surface area contributed by atoms with E-state index in [1.807, 2.05) is 0 Å². The summed E-state index contributed by atoms with van der Waals surface area (Å²) in [4.78, 5) is 33.7. The minimum atomic E-state index is -3.20. The number of benzene rings is 2. The third-order valence-corrected chi connectivity index (χ3v) is 4.00. The molecule has 12 heteroatoms. The second kappa shape index (κ2) is 10.3. The normalized spacial score (nSPS) is 10.8. The molecule has 31 heavy (non-hydrogen) atoms. The van der Waals surface area contributed by atoms with Crippen molar-refractivity contribution in [3.05, 3.63) is 57.1 Å². The molecule has 0 spiro atoms. The van der Waals surface area contributed by atoms with Crippen molar-refractivity contribution in [1.82, 2.24) is 0 Å². The molecule has 0 unspecified atom stereocenters. The predicted octanol–water partition coefficient (Wildman–Crippen LogP) is 4.47. The minimum Gasteiger partial charge on any atom is -0.493 e. The van der Waals surface area contributed by atoms with Gasteiger partial charge < -0.3 is 20.1 Å². The monoisotopic (exact) mass is 455 g/mol. The van der Waals surface area contributed by atoms with E-state index in [4.69, 9.17) is 16.3 Å². The second-order valence-corrected chi connectivity index (χ2v) is 6.30. The zero-order valence-corrected chi connectivity index (χ0v) is 16.9. The van der Waals surface area contributed by atoms with Gasteiger partial charge in [0.25, 0.3) is 5.69 Å². The van der Waals surface area contributed by atoms with E-state index in [1.54, 1.807) is 0 Å². The van der Waals surface area contributed by atoms with Gasteiger partial charge in [-0.15, -0.1) is 0 Å². The average Bonchev–Trinajstić information content (AvgIpc) is 2.67. The maximum Gasteiger partial charge on any atom is 0.387 e. The van der Waals surface area contributed by atoms with Crippen molar-refractivity contribution in [2.45, 2.75) is 13.5 Å². The van der Waals surface area contributed by atoms with Gasteiger partial charge in [-0.1, -0.05) is 11.6 Å². The maximum atomic E-state index is 12.5. The highest BCUT2D eigenvalue weighted by Gasteiger charge is 2.20. The largest absolute Gasteiger partial charge is 0.493 e. The van der Waals surface area contributed by atoms with E-state index < -0.39 is 28.9 Å². The zero-order valence-electron chi connectivity index (χ0n) is 16.1. The molecule has 0 aliphatic heterocycles. The lowest BCUT2D eigenvalue weighted by Gasteiger charge is -2.11. The number of nitro benzene ring substituents is 1. The molecule has 0 aromatic heterocycles. The molecule has 0 saturated carbocycles. The lowest BCUT2D eigenvalue weighted by molar-refractivity contribution is -0.385. The second-order valence-electron chi connectivity index (χ2n) is 5.90. The molecule has 0 heterocycles. The molecule has 2 rings (SSSR count). The number of methoxy groups -OCH3 is 1. The summed E-state index contributed by atoms with van der Waals surface area (Å²) < 4.78 is 34.1. The lowest BCUT2D eigenvalue weighted by Crippen LogP contribution is -2.09. The first-order valence-electron chi connectivity index (χ1n) is 8.48. The standard InChI is InChI=1S/C19H16ClF2N3O6/c1-10(26)23-14-5-4-12(8-13(14)20)24-18(27)6-3-11-7-16(30-2)17(31-19(21)22)9-15(11)25(28)29/h3-9,19H,1-2H3,(H,23,26)(H,24,27)/b6-3+. The quantitative estimate of drug-likeness (QED) is 0.344. The van der Waals surface area contributed by atoms with Gasteiger partial charge in [-0.3, -0.25) is 19.7 Å². The first kappa shape index (κ1) is 23.5. The van der Waals surface area contributed by atoms with Crippen LogP contribution >= 0.6 is 11.6 Å². The molecule has 0 radical (unpaired) electrons. The Balaban J connectivity index is 2.24. The van der Waals surface area contributed by atoms with Crippen molar-refractivity contribution in [2.75, 3.05) is 17.7 Å². The van der Waals surface area contributed by atoms with E-state index in [-0.39, 0.29) is 22.2 Å². The van der Waals surface area contributed by atoms with Crippen LogP contribution in [0, 0.1) is 10.1 Å². The molecule has 2 aromatic rings. The number of amides is 2. The van der Waals surface area contributed by atoms with Crippen LogP contribution in [0.3, 0.4) is 0 Å². The number of anilines is 2. The number of alkyl halides is 2. The third kappa shape index (κ3) is 6.64. The molecule has 0 bridgehead atoms. The van der Waals surface area contributed by atoms with Gasteiger partial charge in [0.1, 0.15) is 0 Å². The van der Waals surface area contributed by atoms with E-state index in [9.17, 15) is 28.5 Å². The van der Waals surface area contributed by atoms with Gasteiger partial charge in [0.05, 0.1) is 34.4 Å². The van der Waals surface area contributed by atoms with Crippen molar-refractivity contribution in [2.24, 2.45) is 0 Å². The molecule has 0 aliphatic rings. The van der Waals surface area contributed by atoms with Crippen LogP contribution < -0.4 is 20.1 Å². The van der Waals surface area contributed by atoms with Crippen molar-refractivity contribution >= 4 is 46.6 Å². The van der Waals surface area contributed by atoms with E-state index in [0.717, 1.165) is 24.3 Å². The summed E-state index contributed by atoms with van der Waals surface area (Å²) in [7, 11) is 1.17. The number of hydrogen-bond donors (Lipinski definition) is 2. The minimum absolute atomic E-state index is 0.0716. The van der Waals surface area contributed by atoms with Gasteiger partial charge in [0, 0.05) is 18.7 Å². The van der Waals surface area contributed by atoms with Gasteiger partial charge in [-0.25, -0.2) is 0 Å². The fraction of sp³-hybridized carbons (Fsp3) is 0.158. The number of carbonyl (C=O) groups excluding carboxylic acids is 2. The Kier molecular flexibility index (Phi) is 7.86. The van der Waals surface area contributed by atoms with Gasteiger partial charge >= 0.3 is 6.61 Å². The first-order chi connectivity index (χ1) is 14.6. The summed E-state index contributed by atoms with van der Waals surface area (Å²) in [6.45, 7) is -1.89. The summed E-state index contributed by atoms with van der Waals surface area (Å²) in [6.07, 6.45) is 2.13. The number of halogens is 3. The van der Waals surface area contributed by atoms with Gasteiger partial charge in [-0.2, -0.15) is 8.78 Å². The Labute approximate surface area is 179 Å². The molecule has 0 atom stereocenters. The molecule has 0 saturated heterocycles. The number of hydrogen-bond acceptors (Lipinski definition) is 6. The Morgan fingerprint density at radius 1 is 1.19 bits per heavy atom. The Bertz CT molecular complexity index is 1050. The number of nitrogens with zero attached hydrogens (tertiary/aromatic N) is 1. The van der Waals surface area contributed by atoms with E-state index in [1.165, 1.54) is 32.2 Å². The molecule has 164 valence electrons. The molecule has 0 aliphatic carbocycles. The number of nitro groups is 1. The average molecular weight is 456 g/mol. The molecular formula is C19H16ClF2N3O6. The summed E-state index contributed by atoms with van der Waals surface area (Å²) in [5, 5.41) is 16.5. The number of rotatable bonds is 8. The highest BCUT2D eigenvalue weighted by Crippen LogP contribution is 2.36. The topological polar surface area (TPSA) is 120 Å².